The molecular weight excluding hydrogens is 303 g/mol. The van der Waals surface area contributed by atoms with Crippen LogP contribution in [0.1, 0.15) is 13.8 Å². The van der Waals surface area contributed by atoms with Crippen LogP contribution in [0.25, 0.3) is 0 Å². The number of anilines is 1. The number of thioether (sulfide) groups is 1. The summed E-state index contributed by atoms with van der Waals surface area (Å²) in [5.74, 6) is -0.600. The molecule has 4 nitrogen and oxygen atoms in total. The summed E-state index contributed by atoms with van der Waals surface area (Å²) in [4.78, 5) is 25.1. The van der Waals surface area contributed by atoms with Crippen molar-refractivity contribution in [2.75, 3.05) is 11.9 Å². The molecule has 1 aromatic rings. The molecule has 0 aromatic heterocycles. The Kier molecular flexibility index (Phi) is 4.55. The maximum atomic E-state index is 13.1. The van der Waals surface area contributed by atoms with E-state index >= 15 is 0 Å². The molecule has 1 aliphatic heterocycles. The average molecular weight is 317 g/mol. The highest BCUT2D eigenvalue weighted by Crippen LogP contribution is 2.29. The monoisotopic (exact) mass is 316 g/mol. The van der Waals surface area contributed by atoms with Gasteiger partial charge in [0.1, 0.15) is 5.82 Å². The molecule has 2 rings (SSSR count). The number of nitrogens with one attached hydrogen (secondary N) is 1. The Hall–Kier alpha value is -1.27. The molecule has 108 valence electrons. The largest absolute Gasteiger partial charge is 0.365 e. The van der Waals surface area contributed by atoms with Crippen LogP contribution < -0.4 is 5.32 Å². The van der Waals surface area contributed by atoms with Crippen molar-refractivity contribution in [2.24, 2.45) is 5.92 Å². The molecule has 20 heavy (non-hydrogen) atoms. The first-order chi connectivity index (χ1) is 9.38. The molecule has 1 N–H and O–H groups in total. The number of amides is 2. The van der Waals surface area contributed by atoms with Crippen molar-refractivity contribution in [2.45, 2.75) is 19.2 Å². The zero-order chi connectivity index (χ0) is 14.9. The predicted molar refractivity (Wildman–Crippen MR) is 78.4 cm³/mol. The summed E-state index contributed by atoms with van der Waals surface area (Å²) in [5, 5.41) is 1.90. The highest BCUT2D eigenvalue weighted by Gasteiger charge is 2.39. The second kappa shape index (κ2) is 6.01. The number of hydrogen-bond donors (Lipinski definition) is 1. The Morgan fingerprint density at radius 2 is 2.15 bits per heavy atom. The number of benzene rings is 1. The Balaban J connectivity index is 2.09. The van der Waals surface area contributed by atoms with E-state index in [0.717, 1.165) is 11.8 Å². The first-order valence-corrected chi connectivity index (χ1v) is 7.38. The molecule has 0 saturated carbocycles. The summed E-state index contributed by atoms with van der Waals surface area (Å²) in [6.45, 7) is 4.27. The van der Waals surface area contributed by atoms with Crippen LogP contribution in [0, 0.1) is 11.7 Å². The van der Waals surface area contributed by atoms with E-state index in [-0.39, 0.29) is 22.1 Å². The number of carbonyl (C=O) groups is 2. The van der Waals surface area contributed by atoms with Crippen LogP contribution in [0.2, 0.25) is 5.02 Å². The summed E-state index contributed by atoms with van der Waals surface area (Å²) < 4.78 is 13.1. The van der Waals surface area contributed by atoms with E-state index in [0.29, 0.717) is 12.2 Å². The molecule has 0 aliphatic carbocycles. The fraction of sp³-hybridized carbons (Fsp3) is 0.385. The molecule has 1 saturated heterocycles. The molecule has 1 atom stereocenters. The molecule has 7 heteroatoms. The first kappa shape index (κ1) is 15.1. The lowest BCUT2D eigenvalue weighted by Crippen LogP contribution is -2.36. The molecule has 1 fully saturated rings. The normalized spacial score (nSPS) is 19.1. The molecule has 1 heterocycles. The van der Waals surface area contributed by atoms with Crippen molar-refractivity contribution in [3.8, 4) is 0 Å². The van der Waals surface area contributed by atoms with Gasteiger partial charge in [-0.2, -0.15) is 0 Å². The number of carbonyl (C=O) groups excluding carboxylic acids is 2. The van der Waals surface area contributed by atoms with Crippen LogP contribution in [0.4, 0.5) is 14.9 Å². The zero-order valence-electron chi connectivity index (χ0n) is 11.0. The van der Waals surface area contributed by atoms with Gasteiger partial charge in [0, 0.05) is 12.2 Å². The van der Waals surface area contributed by atoms with Gasteiger partial charge in [0.2, 0.25) is 0 Å². The maximum Gasteiger partial charge on any atom is 0.290 e. The lowest BCUT2D eigenvalue weighted by Gasteiger charge is -2.16. The van der Waals surface area contributed by atoms with Crippen molar-refractivity contribution in [1.29, 1.82) is 0 Å². The Labute approximate surface area is 125 Å². The van der Waals surface area contributed by atoms with Crippen LogP contribution in [0.15, 0.2) is 18.2 Å². The van der Waals surface area contributed by atoms with E-state index in [2.05, 4.69) is 5.32 Å². The molecule has 0 unspecified atom stereocenters. The maximum absolute atomic E-state index is 13.1. The third kappa shape index (κ3) is 3.24. The van der Waals surface area contributed by atoms with Gasteiger partial charge in [-0.1, -0.05) is 25.4 Å². The Morgan fingerprint density at radius 3 is 2.75 bits per heavy atom. The third-order valence-corrected chi connectivity index (χ3v) is 3.96. The number of nitrogens with zero attached hydrogens (tertiary/aromatic N) is 1. The van der Waals surface area contributed by atoms with E-state index < -0.39 is 11.2 Å². The van der Waals surface area contributed by atoms with Crippen LogP contribution in [-0.2, 0) is 4.79 Å². The van der Waals surface area contributed by atoms with Crippen molar-refractivity contribution < 1.29 is 14.0 Å². The van der Waals surface area contributed by atoms with Crippen molar-refractivity contribution in [3.05, 3.63) is 29.0 Å². The number of imide groups is 1. The Bertz CT molecular complexity index is 553. The topological polar surface area (TPSA) is 49.4 Å². The summed E-state index contributed by atoms with van der Waals surface area (Å²) in [7, 11) is 0. The lowest BCUT2D eigenvalue weighted by molar-refractivity contribution is -0.126. The van der Waals surface area contributed by atoms with Gasteiger partial charge in [0.05, 0.1) is 5.02 Å². The predicted octanol–water partition coefficient (Wildman–Crippen LogP) is 3.57. The van der Waals surface area contributed by atoms with Crippen LogP contribution in [0.5, 0.6) is 0 Å². The van der Waals surface area contributed by atoms with Gasteiger partial charge >= 0.3 is 0 Å². The minimum absolute atomic E-state index is 0.0317. The minimum Gasteiger partial charge on any atom is -0.365 e. The van der Waals surface area contributed by atoms with Crippen molar-refractivity contribution in [3.63, 3.8) is 0 Å². The Morgan fingerprint density at radius 1 is 1.45 bits per heavy atom. The summed E-state index contributed by atoms with van der Waals surface area (Å²) in [5.41, 5.74) is 0.501. The minimum atomic E-state index is -0.692. The average Bonchev–Trinajstić information content (AvgIpc) is 2.61. The standard InChI is InChI=1S/C13H14ClFN2O2S/c1-7(2)6-17-12(18)11(20-13(17)19)16-8-3-4-10(15)9(14)5-8/h3-5,7,11,16H,6H2,1-2H3/t11-/m1/s1. The van der Waals surface area contributed by atoms with Crippen molar-refractivity contribution >= 4 is 40.2 Å². The van der Waals surface area contributed by atoms with E-state index in [1.807, 2.05) is 13.8 Å². The summed E-state index contributed by atoms with van der Waals surface area (Å²) >= 11 is 6.60. The second-order valence-electron chi connectivity index (χ2n) is 4.88. The van der Waals surface area contributed by atoms with Crippen LogP contribution >= 0.6 is 23.4 Å². The van der Waals surface area contributed by atoms with E-state index in [4.69, 9.17) is 11.6 Å². The van der Waals surface area contributed by atoms with Gasteiger partial charge in [-0.3, -0.25) is 14.5 Å². The van der Waals surface area contributed by atoms with E-state index in [1.165, 1.54) is 23.1 Å². The number of halogens is 2. The zero-order valence-corrected chi connectivity index (χ0v) is 12.6. The molecule has 2 amide bonds. The molecule has 0 spiro atoms. The van der Waals surface area contributed by atoms with Crippen LogP contribution in [-0.4, -0.2) is 28.0 Å². The highest BCUT2D eigenvalue weighted by atomic mass is 35.5. The van der Waals surface area contributed by atoms with Gasteiger partial charge in [-0.25, -0.2) is 4.39 Å². The SMILES string of the molecule is CC(C)CN1C(=O)S[C@@H](Nc2ccc(F)c(Cl)c2)C1=O. The first-order valence-electron chi connectivity index (χ1n) is 6.12. The third-order valence-electron chi connectivity index (χ3n) is 2.69. The van der Waals surface area contributed by atoms with E-state index in [9.17, 15) is 14.0 Å². The molecular formula is C13H14ClFN2O2S. The highest BCUT2D eigenvalue weighted by molar-refractivity contribution is 8.15. The second-order valence-corrected chi connectivity index (χ2v) is 6.34. The molecule has 0 radical (unpaired) electrons. The molecule has 1 aliphatic rings. The molecule has 0 bridgehead atoms. The fourth-order valence-electron chi connectivity index (χ4n) is 1.80. The number of hydrogen-bond acceptors (Lipinski definition) is 4. The van der Waals surface area contributed by atoms with Crippen molar-refractivity contribution in [1.82, 2.24) is 4.90 Å². The van der Waals surface area contributed by atoms with Gasteiger partial charge in [0.25, 0.3) is 11.1 Å². The quantitative estimate of drug-likeness (QED) is 0.922. The fourth-order valence-corrected chi connectivity index (χ4v) is 2.90. The van der Waals surface area contributed by atoms with E-state index in [1.54, 1.807) is 0 Å². The molecule has 1 aromatic carbocycles. The summed E-state index contributed by atoms with van der Waals surface area (Å²) in [6.07, 6.45) is 0. The van der Waals surface area contributed by atoms with Gasteiger partial charge < -0.3 is 5.32 Å². The lowest BCUT2D eigenvalue weighted by atomic mass is 10.2. The van der Waals surface area contributed by atoms with Gasteiger partial charge in [-0.05, 0) is 35.9 Å². The smallest absolute Gasteiger partial charge is 0.290 e. The summed E-state index contributed by atoms with van der Waals surface area (Å²) in [6, 6.07) is 4.08. The van der Waals surface area contributed by atoms with Gasteiger partial charge in [-0.15, -0.1) is 0 Å². The van der Waals surface area contributed by atoms with Gasteiger partial charge in [0.15, 0.2) is 5.37 Å². The van der Waals surface area contributed by atoms with Crippen LogP contribution in [0.3, 0.4) is 0 Å². The number of rotatable bonds is 4.